The van der Waals surface area contributed by atoms with Gasteiger partial charge in [-0.05, 0) is 47.7 Å². The summed E-state index contributed by atoms with van der Waals surface area (Å²) in [7, 11) is 0. The van der Waals surface area contributed by atoms with Gasteiger partial charge in [-0.3, -0.25) is 9.69 Å². The molecule has 9 nitrogen and oxygen atoms in total. The smallest absolute Gasteiger partial charge is 0.324 e. The van der Waals surface area contributed by atoms with Crippen LogP contribution >= 0.6 is 0 Å². The molecule has 3 amide bonds. The molecule has 0 aliphatic carbocycles. The van der Waals surface area contributed by atoms with Crippen molar-refractivity contribution in [2.24, 2.45) is 11.8 Å². The number of amides is 3. The lowest BCUT2D eigenvalue weighted by Gasteiger charge is -2.33. The number of carbonyl (C=O) groups excluding carboxylic acids is 2. The molecular weight excluding hydrogens is 348 g/mol. The molecule has 1 aromatic carbocycles. The van der Waals surface area contributed by atoms with Crippen LogP contribution in [0.25, 0.3) is 5.69 Å². The van der Waals surface area contributed by atoms with Crippen LogP contribution in [0.15, 0.2) is 30.3 Å². The van der Waals surface area contributed by atoms with Crippen LogP contribution in [-0.2, 0) is 16.1 Å². The summed E-state index contributed by atoms with van der Waals surface area (Å²) in [6, 6.07) is 8.99. The molecule has 1 unspecified atom stereocenters. The number of hydrogen-bond donors (Lipinski definition) is 1. The summed E-state index contributed by atoms with van der Waals surface area (Å²) < 4.78 is 6.93. The van der Waals surface area contributed by atoms with Crippen LogP contribution < -0.4 is 5.32 Å². The maximum absolute atomic E-state index is 12.9. The van der Waals surface area contributed by atoms with Gasteiger partial charge in [-0.15, -0.1) is 5.10 Å². The molecule has 1 aromatic heterocycles. The van der Waals surface area contributed by atoms with Crippen molar-refractivity contribution >= 4 is 11.9 Å². The summed E-state index contributed by atoms with van der Waals surface area (Å²) in [6.45, 7) is 1.91. The van der Waals surface area contributed by atoms with E-state index in [0.717, 1.165) is 38.2 Å². The summed E-state index contributed by atoms with van der Waals surface area (Å²) in [5.74, 6) is 0.523. The quantitative estimate of drug-likeness (QED) is 0.847. The van der Waals surface area contributed by atoms with Crippen LogP contribution in [0.3, 0.4) is 0 Å². The minimum absolute atomic E-state index is 0.0385. The Morgan fingerprint density at radius 2 is 1.93 bits per heavy atom. The monoisotopic (exact) mass is 370 g/mol. The fourth-order valence-corrected chi connectivity index (χ4v) is 3.65. The summed E-state index contributed by atoms with van der Waals surface area (Å²) in [5, 5.41) is 14.5. The van der Waals surface area contributed by atoms with Gasteiger partial charge in [0, 0.05) is 19.8 Å². The summed E-state index contributed by atoms with van der Waals surface area (Å²) in [6.07, 6.45) is 2.69. The molecular formula is C18H22N6O3. The highest BCUT2D eigenvalue weighted by Crippen LogP contribution is 2.26. The van der Waals surface area contributed by atoms with Crippen molar-refractivity contribution in [2.45, 2.75) is 25.8 Å². The lowest BCUT2D eigenvalue weighted by atomic mass is 9.87. The van der Waals surface area contributed by atoms with Crippen LogP contribution in [0.5, 0.6) is 0 Å². The zero-order chi connectivity index (χ0) is 18.6. The second-order valence-corrected chi connectivity index (χ2v) is 6.94. The van der Waals surface area contributed by atoms with E-state index in [2.05, 4.69) is 20.8 Å². The normalized spacial score (nSPS) is 21.3. The maximum Gasteiger partial charge on any atom is 0.324 e. The third kappa shape index (κ3) is 3.82. The molecule has 9 heteroatoms. The fourth-order valence-electron chi connectivity index (χ4n) is 3.65. The summed E-state index contributed by atoms with van der Waals surface area (Å²) in [4.78, 5) is 26.5. The molecule has 2 saturated heterocycles. The Balaban J connectivity index is 1.48. The number of rotatable bonds is 5. The van der Waals surface area contributed by atoms with Crippen LogP contribution in [0.2, 0.25) is 0 Å². The molecule has 1 N–H and O–H groups in total. The third-order valence-electron chi connectivity index (χ3n) is 5.15. The van der Waals surface area contributed by atoms with Gasteiger partial charge in [0.05, 0.1) is 18.2 Å². The number of ether oxygens (including phenoxy) is 1. The van der Waals surface area contributed by atoms with Gasteiger partial charge in [0.2, 0.25) is 5.91 Å². The van der Waals surface area contributed by atoms with Gasteiger partial charge in [0.25, 0.3) is 0 Å². The topological polar surface area (TPSA) is 102 Å². The number of para-hydroxylation sites is 1. The predicted octanol–water partition coefficient (Wildman–Crippen LogP) is 1.15. The van der Waals surface area contributed by atoms with Gasteiger partial charge in [-0.2, -0.15) is 4.68 Å². The number of urea groups is 1. The molecule has 3 heterocycles. The molecule has 2 fully saturated rings. The van der Waals surface area contributed by atoms with E-state index in [4.69, 9.17) is 4.74 Å². The Bertz CT molecular complexity index is 802. The summed E-state index contributed by atoms with van der Waals surface area (Å²) >= 11 is 0. The number of carbonyl (C=O) groups is 2. The number of aromatic nitrogens is 4. The van der Waals surface area contributed by atoms with Crippen molar-refractivity contribution in [3.05, 3.63) is 36.2 Å². The molecule has 0 saturated carbocycles. The molecule has 142 valence electrons. The molecule has 1 atom stereocenters. The van der Waals surface area contributed by atoms with Gasteiger partial charge in [-0.25, -0.2) is 4.79 Å². The van der Waals surface area contributed by atoms with Gasteiger partial charge < -0.3 is 10.1 Å². The Hall–Kier alpha value is -2.81. The lowest BCUT2D eigenvalue weighted by molar-refractivity contribution is -0.135. The first-order valence-electron chi connectivity index (χ1n) is 9.22. The number of tetrazole rings is 1. The standard InChI is InChI=1S/C18H22N6O3/c25-17-14(10-13-6-8-27-9-7-13)11-19-18(26)23(17)12-16-20-21-22-24(16)15-4-2-1-3-5-15/h1-5,13-14H,6-12H2,(H,19,26). The van der Waals surface area contributed by atoms with Gasteiger partial charge in [0.1, 0.15) is 0 Å². The van der Waals surface area contributed by atoms with E-state index in [1.807, 2.05) is 30.3 Å². The Labute approximate surface area is 156 Å². The zero-order valence-electron chi connectivity index (χ0n) is 15.0. The maximum atomic E-state index is 12.9. The highest BCUT2D eigenvalue weighted by molar-refractivity contribution is 5.97. The minimum atomic E-state index is -0.397. The van der Waals surface area contributed by atoms with E-state index in [9.17, 15) is 9.59 Å². The van der Waals surface area contributed by atoms with Crippen LogP contribution in [0.1, 0.15) is 25.1 Å². The first-order chi connectivity index (χ1) is 13.2. The Morgan fingerprint density at radius 3 is 2.70 bits per heavy atom. The molecule has 2 aliphatic heterocycles. The average molecular weight is 370 g/mol. The van der Waals surface area contributed by atoms with Crippen LogP contribution in [0.4, 0.5) is 4.79 Å². The first kappa shape index (κ1) is 17.6. The summed E-state index contributed by atoms with van der Waals surface area (Å²) in [5.41, 5.74) is 0.779. The SMILES string of the molecule is O=C1NCC(CC2CCOCC2)C(=O)N1Cc1nnnn1-c1ccccc1. The van der Waals surface area contributed by atoms with Crippen molar-refractivity contribution in [2.75, 3.05) is 19.8 Å². The Kier molecular flexibility index (Phi) is 5.10. The number of benzene rings is 1. The first-order valence-corrected chi connectivity index (χ1v) is 9.22. The molecule has 2 aliphatic rings. The van der Waals surface area contributed by atoms with Crippen molar-refractivity contribution < 1.29 is 14.3 Å². The molecule has 0 radical (unpaired) electrons. The van der Waals surface area contributed by atoms with Crippen LogP contribution in [0, 0.1) is 11.8 Å². The molecule has 27 heavy (non-hydrogen) atoms. The van der Waals surface area contributed by atoms with Gasteiger partial charge in [0.15, 0.2) is 5.82 Å². The van der Waals surface area contributed by atoms with E-state index < -0.39 is 6.03 Å². The number of nitrogens with zero attached hydrogens (tertiary/aromatic N) is 5. The Morgan fingerprint density at radius 1 is 1.15 bits per heavy atom. The fraction of sp³-hybridized carbons (Fsp3) is 0.500. The van der Waals surface area contributed by atoms with Crippen molar-refractivity contribution in [1.82, 2.24) is 30.4 Å². The lowest BCUT2D eigenvalue weighted by Crippen LogP contribution is -2.55. The number of nitrogens with one attached hydrogen (secondary N) is 1. The molecule has 2 aromatic rings. The van der Waals surface area contributed by atoms with Crippen LogP contribution in [-0.4, -0.2) is 56.8 Å². The van der Waals surface area contributed by atoms with E-state index in [1.165, 1.54) is 4.90 Å². The average Bonchev–Trinajstić information content (AvgIpc) is 3.17. The van der Waals surface area contributed by atoms with Gasteiger partial charge in [-0.1, -0.05) is 18.2 Å². The molecule has 0 bridgehead atoms. The highest BCUT2D eigenvalue weighted by Gasteiger charge is 2.36. The van der Waals surface area contributed by atoms with Crippen molar-refractivity contribution in [1.29, 1.82) is 0 Å². The largest absolute Gasteiger partial charge is 0.381 e. The third-order valence-corrected chi connectivity index (χ3v) is 5.15. The second-order valence-electron chi connectivity index (χ2n) is 6.94. The van der Waals surface area contributed by atoms with Gasteiger partial charge >= 0.3 is 6.03 Å². The van der Waals surface area contributed by atoms with E-state index in [0.29, 0.717) is 18.3 Å². The molecule has 0 spiro atoms. The number of imide groups is 1. The second kappa shape index (κ2) is 7.83. The van der Waals surface area contributed by atoms with E-state index in [1.54, 1.807) is 4.68 Å². The minimum Gasteiger partial charge on any atom is -0.381 e. The molecule has 4 rings (SSSR count). The zero-order valence-corrected chi connectivity index (χ0v) is 15.0. The van der Waals surface area contributed by atoms with Crippen molar-refractivity contribution in [3.8, 4) is 5.69 Å². The number of hydrogen-bond acceptors (Lipinski definition) is 6. The van der Waals surface area contributed by atoms with E-state index in [-0.39, 0.29) is 18.4 Å². The van der Waals surface area contributed by atoms with Crippen molar-refractivity contribution in [3.63, 3.8) is 0 Å². The van der Waals surface area contributed by atoms with E-state index >= 15 is 0 Å². The predicted molar refractivity (Wildman–Crippen MR) is 94.8 cm³/mol. The highest BCUT2D eigenvalue weighted by atomic mass is 16.5.